The van der Waals surface area contributed by atoms with E-state index in [-0.39, 0.29) is 23.5 Å². The highest BCUT2D eigenvalue weighted by Gasteiger charge is 2.50. The van der Waals surface area contributed by atoms with Gasteiger partial charge in [-0.15, -0.1) is 0 Å². The summed E-state index contributed by atoms with van der Waals surface area (Å²) in [6.45, 7) is 3.86. The van der Waals surface area contributed by atoms with Gasteiger partial charge in [0.2, 0.25) is 5.91 Å². The maximum absolute atomic E-state index is 14.1. The first kappa shape index (κ1) is 22.1. The molecule has 174 valence electrons. The molecule has 0 saturated carbocycles. The second-order valence-corrected chi connectivity index (χ2v) is 9.85. The lowest BCUT2D eigenvalue weighted by molar-refractivity contribution is -0.125. The van der Waals surface area contributed by atoms with Crippen molar-refractivity contribution in [1.29, 1.82) is 0 Å². The highest BCUT2D eigenvalue weighted by Crippen LogP contribution is 2.42. The smallest absolute Gasteiger partial charge is 0.254 e. The van der Waals surface area contributed by atoms with E-state index < -0.39 is 5.54 Å². The maximum Gasteiger partial charge on any atom is 0.254 e. The largest absolute Gasteiger partial charge is 0.348 e. The zero-order chi connectivity index (χ0) is 22.8. The molecule has 2 aromatic rings. The van der Waals surface area contributed by atoms with E-state index in [0.717, 1.165) is 49.2 Å². The van der Waals surface area contributed by atoms with Gasteiger partial charge < -0.3 is 10.2 Å². The molecule has 3 saturated heterocycles. The predicted molar refractivity (Wildman–Crippen MR) is 125 cm³/mol. The fourth-order valence-electron chi connectivity index (χ4n) is 5.96. The molecule has 2 aromatic carbocycles. The molecule has 2 atom stereocenters. The van der Waals surface area contributed by atoms with E-state index in [4.69, 9.17) is 0 Å². The van der Waals surface area contributed by atoms with Gasteiger partial charge in [0, 0.05) is 37.5 Å². The lowest BCUT2D eigenvalue weighted by Gasteiger charge is -2.39. The number of benzene rings is 2. The summed E-state index contributed by atoms with van der Waals surface area (Å²) in [5.41, 5.74) is 2.09. The summed E-state index contributed by atoms with van der Waals surface area (Å²) in [6.07, 6.45) is 5.77. The highest BCUT2D eigenvalue weighted by molar-refractivity contribution is 5.96. The molecule has 0 radical (unpaired) electrons. The van der Waals surface area contributed by atoms with Crippen LogP contribution in [0.2, 0.25) is 0 Å². The number of amides is 2. The average Bonchev–Trinajstić information content (AvgIpc) is 3.18. The Labute approximate surface area is 195 Å². The first-order chi connectivity index (χ1) is 16.0. The Kier molecular flexibility index (Phi) is 6.19. The fourth-order valence-corrected chi connectivity index (χ4v) is 5.96. The van der Waals surface area contributed by atoms with Crippen LogP contribution in [-0.2, 0) is 11.3 Å². The van der Waals surface area contributed by atoms with Gasteiger partial charge in [0.05, 0.1) is 5.54 Å². The Hall–Kier alpha value is -2.73. The van der Waals surface area contributed by atoms with Gasteiger partial charge in [-0.1, -0.05) is 36.8 Å². The molecule has 5 rings (SSSR count). The van der Waals surface area contributed by atoms with E-state index in [9.17, 15) is 14.0 Å². The molecule has 1 spiro atoms. The Bertz CT molecular complexity index is 1040. The van der Waals surface area contributed by atoms with Crippen molar-refractivity contribution in [2.75, 3.05) is 26.2 Å². The molecule has 2 amide bonds. The minimum Gasteiger partial charge on any atom is -0.348 e. The molecule has 3 aliphatic heterocycles. The lowest BCUT2D eigenvalue weighted by Crippen LogP contribution is -2.56. The van der Waals surface area contributed by atoms with Crippen LogP contribution in [0.3, 0.4) is 0 Å². The first-order valence-corrected chi connectivity index (χ1v) is 12.2. The van der Waals surface area contributed by atoms with Gasteiger partial charge in [-0.25, -0.2) is 4.39 Å². The topological polar surface area (TPSA) is 52.7 Å². The van der Waals surface area contributed by atoms with Gasteiger partial charge >= 0.3 is 0 Å². The van der Waals surface area contributed by atoms with Crippen molar-refractivity contribution < 1.29 is 14.0 Å². The van der Waals surface area contributed by atoms with Gasteiger partial charge in [0.25, 0.3) is 5.91 Å². The fraction of sp³-hybridized carbons (Fsp3) is 0.481. The van der Waals surface area contributed by atoms with Crippen molar-refractivity contribution in [1.82, 2.24) is 15.1 Å². The van der Waals surface area contributed by atoms with E-state index in [0.29, 0.717) is 19.5 Å². The van der Waals surface area contributed by atoms with E-state index in [1.165, 1.54) is 25.3 Å². The minimum atomic E-state index is -0.541. The number of halogens is 1. The van der Waals surface area contributed by atoms with Crippen molar-refractivity contribution in [2.45, 2.75) is 56.5 Å². The second-order valence-electron chi connectivity index (χ2n) is 9.85. The third-order valence-electron chi connectivity index (χ3n) is 7.59. The predicted octanol–water partition coefficient (Wildman–Crippen LogP) is 4.09. The summed E-state index contributed by atoms with van der Waals surface area (Å²) in [5.74, 6) is -0.403. The molecule has 0 aromatic heterocycles. The van der Waals surface area contributed by atoms with Gasteiger partial charge in [-0.05, 0) is 68.1 Å². The molecule has 3 fully saturated rings. The van der Waals surface area contributed by atoms with Gasteiger partial charge in [0.15, 0.2) is 0 Å². The van der Waals surface area contributed by atoms with E-state index >= 15 is 0 Å². The van der Waals surface area contributed by atoms with Crippen LogP contribution in [0.25, 0.3) is 0 Å². The monoisotopic (exact) mass is 449 g/mol. The second kappa shape index (κ2) is 9.26. The molecule has 0 aliphatic carbocycles. The molecule has 3 aliphatic rings. The van der Waals surface area contributed by atoms with Gasteiger partial charge in [-0.3, -0.25) is 14.5 Å². The standard InChI is InChI=1S/C27H32FN3O2/c28-22-10-6-9-20(16-22)24-18-31(19-27(24)13-7-12-25(32)29-27)26(33)23-11-3-2-8-21(23)17-30-14-4-1-5-15-30/h2-3,6,8-11,16,24H,1,4-5,7,12-15,17-19H2,(H,29,32)/t24-,27+/m0/s1. The number of rotatable bonds is 4. The highest BCUT2D eigenvalue weighted by atomic mass is 19.1. The molecule has 6 heteroatoms. The molecule has 1 N–H and O–H groups in total. The zero-order valence-electron chi connectivity index (χ0n) is 19.1. The molecular formula is C27H32FN3O2. The summed E-state index contributed by atoms with van der Waals surface area (Å²) in [7, 11) is 0. The Morgan fingerprint density at radius 2 is 1.88 bits per heavy atom. The maximum atomic E-state index is 14.1. The molecule has 5 nitrogen and oxygen atoms in total. The van der Waals surface area contributed by atoms with Crippen LogP contribution >= 0.6 is 0 Å². The van der Waals surface area contributed by atoms with Crippen molar-refractivity contribution >= 4 is 11.8 Å². The number of nitrogens with zero attached hydrogens (tertiary/aromatic N) is 2. The summed E-state index contributed by atoms with van der Waals surface area (Å²) in [6, 6.07) is 14.5. The van der Waals surface area contributed by atoms with Crippen LogP contribution in [0, 0.1) is 5.82 Å². The number of hydrogen-bond donors (Lipinski definition) is 1. The summed E-state index contributed by atoms with van der Waals surface area (Å²) in [4.78, 5) is 30.5. The van der Waals surface area contributed by atoms with Crippen LogP contribution in [0.1, 0.15) is 65.9 Å². The lowest BCUT2D eigenvalue weighted by atomic mass is 9.76. The SMILES string of the molecule is O=C1CCC[C@]2(CN(C(=O)c3ccccc3CN3CCCCC3)C[C@H]2c2cccc(F)c2)N1. The van der Waals surface area contributed by atoms with Crippen LogP contribution in [0.5, 0.6) is 0 Å². The van der Waals surface area contributed by atoms with E-state index in [1.54, 1.807) is 12.1 Å². The number of piperidine rings is 2. The molecule has 3 heterocycles. The van der Waals surface area contributed by atoms with Crippen molar-refractivity contribution in [3.05, 3.63) is 71.0 Å². The number of carbonyl (C=O) groups excluding carboxylic acids is 2. The average molecular weight is 450 g/mol. The number of likely N-dealkylation sites (tertiary alicyclic amines) is 2. The third-order valence-corrected chi connectivity index (χ3v) is 7.59. The summed E-state index contributed by atoms with van der Waals surface area (Å²) < 4.78 is 14.1. The van der Waals surface area contributed by atoms with Crippen LogP contribution in [-0.4, -0.2) is 53.3 Å². The zero-order valence-corrected chi connectivity index (χ0v) is 19.1. The van der Waals surface area contributed by atoms with Gasteiger partial charge in [0.1, 0.15) is 5.82 Å². The van der Waals surface area contributed by atoms with Crippen molar-refractivity contribution in [3.63, 3.8) is 0 Å². The Morgan fingerprint density at radius 1 is 1.06 bits per heavy atom. The summed E-state index contributed by atoms with van der Waals surface area (Å²) >= 11 is 0. The van der Waals surface area contributed by atoms with Gasteiger partial charge in [-0.2, -0.15) is 0 Å². The minimum absolute atomic E-state index is 0.000657. The van der Waals surface area contributed by atoms with Crippen LogP contribution < -0.4 is 5.32 Å². The third kappa shape index (κ3) is 4.54. The van der Waals surface area contributed by atoms with Crippen molar-refractivity contribution in [3.8, 4) is 0 Å². The summed E-state index contributed by atoms with van der Waals surface area (Å²) in [5, 5.41) is 3.21. The molecule has 0 bridgehead atoms. The normalized spacial score (nSPS) is 25.9. The van der Waals surface area contributed by atoms with E-state index in [2.05, 4.69) is 16.3 Å². The first-order valence-electron chi connectivity index (χ1n) is 12.2. The van der Waals surface area contributed by atoms with Crippen LogP contribution in [0.4, 0.5) is 4.39 Å². The molecule has 33 heavy (non-hydrogen) atoms. The Morgan fingerprint density at radius 3 is 2.67 bits per heavy atom. The van der Waals surface area contributed by atoms with Crippen LogP contribution in [0.15, 0.2) is 48.5 Å². The van der Waals surface area contributed by atoms with Crippen molar-refractivity contribution in [2.24, 2.45) is 0 Å². The number of nitrogens with one attached hydrogen (secondary N) is 1. The number of hydrogen-bond acceptors (Lipinski definition) is 3. The Balaban J connectivity index is 1.43. The molecule has 0 unspecified atom stereocenters. The van der Waals surface area contributed by atoms with E-state index in [1.807, 2.05) is 29.2 Å². The molecular weight excluding hydrogens is 417 g/mol. The number of carbonyl (C=O) groups is 2. The quantitative estimate of drug-likeness (QED) is 0.765.